The van der Waals surface area contributed by atoms with E-state index in [4.69, 9.17) is 16.7 Å². The molecular weight excluding hydrogens is 476 g/mol. The molecule has 0 saturated carbocycles. The molecule has 2 aromatic carbocycles. The second-order valence-electron chi connectivity index (χ2n) is 7.71. The zero-order chi connectivity index (χ0) is 24.6. The molecule has 1 fully saturated rings. The molecule has 0 unspecified atom stereocenters. The van der Waals surface area contributed by atoms with Crippen LogP contribution in [0, 0.1) is 13.8 Å². The number of Topliss-reactive ketones (excluding diaryl/α,β-unsaturated/α-hetero) is 1. The first-order valence-corrected chi connectivity index (χ1v) is 11.4. The molecule has 1 aliphatic rings. The van der Waals surface area contributed by atoms with Crippen molar-refractivity contribution < 1.29 is 24.3 Å². The fraction of sp³-hybridized carbons (Fsp3) is 0.120. The lowest BCUT2D eigenvalue weighted by Crippen LogP contribution is -2.33. The molecule has 3 aromatic rings. The number of ketones is 1. The molecule has 9 heteroatoms. The Hall–Kier alpha value is -3.62. The highest BCUT2D eigenvalue weighted by Crippen LogP contribution is 2.34. The van der Waals surface area contributed by atoms with Crippen molar-refractivity contribution in [3.8, 4) is 5.69 Å². The maximum atomic E-state index is 12.9. The molecule has 0 radical (unpaired) electrons. The van der Waals surface area contributed by atoms with Crippen LogP contribution in [-0.4, -0.2) is 44.0 Å². The zero-order valence-corrected chi connectivity index (χ0v) is 19.8. The van der Waals surface area contributed by atoms with Gasteiger partial charge in [0.2, 0.25) is 0 Å². The Balaban J connectivity index is 1.57. The third-order valence-electron chi connectivity index (χ3n) is 5.47. The van der Waals surface area contributed by atoms with Gasteiger partial charge in [-0.3, -0.25) is 19.3 Å². The number of carboxylic acid groups (broad SMARTS) is 1. The Labute approximate surface area is 204 Å². The van der Waals surface area contributed by atoms with Gasteiger partial charge in [0, 0.05) is 27.7 Å². The largest absolute Gasteiger partial charge is 0.478 e. The molecule has 1 aliphatic heterocycles. The maximum absolute atomic E-state index is 12.9. The molecule has 34 heavy (non-hydrogen) atoms. The highest BCUT2D eigenvalue weighted by molar-refractivity contribution is 8.18. The molecule has 0 bridgehead atoms. The quantitative estimate of drug-likeness (QED) is 0.366. The molecule has 0 atom stereocenters. The molecule has 4 rings (SSSR count). The van der Waals surface area contributed by atoms with Crippen LogP contribution < -0.4 is 0 Å². The molecule has 2 heterocycles. The Morgan fingerprint density at radius 3 is 2.24 bits per heavy atom. The lowest BCUT2D eigenvalue weighted by molar-refractivity contribution is -0.122. The van der Waals surface area contributed by atoms with Gasteiger partial charge in [-0.15, -0.1) is 0 Å². The summed E-state index contributed by atoms with van der Waals surface area (Å²) in [6, 6.07) is 14.6. The normalized spacial score (nSPS) is 14.8. The summed E-state index contributed by atoms with van der Waals surface area (Å²) in [6.45, 7) is 3.42. The van der Waals surface area contributed by atoms with Crippen LogP contribution in [0.25, 0.3) is 11.8 Å². The number of imide groups is 1. The number of carbonyl (C=O) groups is 4. The standard InChI is InChI=1S/C25H19ClN2O5S/c1-14-11-18(15(2)28(14)20-9-5-17(6-10-20)24(31)32)12-22-23(30)27(25(33)34-22)13-21(29)16-3-7-19(26)8-4-16/h3-12H,13H2,1-2H3,(H,31,32)/b22-12+. The Morgan fingerprint density at radius 1 is 1.00 bits per heavy atom. The summed E-state index contributed by atoms with van der Waals surface area (Å²) >= 11 is 6.64. The van der Waals surface area contributed by atoms with E-state index in [-0.39, 0.29) is 22.8 Å². The summed E-state index contributed by atoms with van der Waals surface area (Å²) in [7, 11) is 0. The van der Waals surface area contributed by atoms with Crippen LogP contribution in [-0.2, 0) is 4.79 Å². The maximum Gasteiger partial charge on any atom is 0.335 e. The number of aromatic nitrogens is 1. The van der Waals surface area contributed by atoms with Gasteiger partial charge in [0.05, 0.1) is 17.0 Å². The van der Waals surface area contributed by atoms with Crippen molar-refractivity contribution in [1.82, 2.24) is 9.47 Å². The van der Waals surface area contributed by atoms with E-state index in [0.717, 1.165) is 39.3 Å². The van der Waals surface area contributed by atoms with E-state index < -0.39 is 17.1 Å². The van der Waals surface area contributed by atoms with Crippen molar-refractivity contribution in [3.05, 3.63) is 92.6 Å². The van der Waals surface area contributed by atoms with Gasteiger partial charge in [0.1, 0.15) is 0 Å². The lowest BCUT2D eigenvalue weighted by atomic mass is 10.1. The lowest BCUT2D eigenvalue weighted by Gasteiger charge is -2.11. The van der Waals surface area contributed by atoms with Gasteiger partial charge in [0.25, 0.3) is 11.1 Å². The first kappa shape index (κ1) is 23.5. The molecule has 0 spiro atoms. The first-order valence-electron chi connectivity index (χ1n) is 10.2. The van der Waals surface area contributed by atoms with Crippen molar-refractivity contribution in [2.24, 2.45) is 0 Å². The Morgan fingerprint density at radius 2 is 1.62 bits per heavy atom. The second kappa shape index (κ2) is 9.32. The summed E-state index contributed by atoms with van der Waals surface area (Å²) in [6.07, 6.45) is 1.64. The van der Waals surface area contributed by atoms with Crippen LogP contribution >= 0.6 is 23.4 Å². The van der Waals surface area contributed by atoms with E-state index >= 15 is 0 Å². The summed E-state index contributed by atoms with van der Waals surface area (Å²) in [5.74, 6) is -1.88. The van der Waals surface area contributed by atoms with Crippen LogP contribution in [0.5, 0.6) is 0 Å². The number of nitrogens with zero attached hydrogens (tertiary/aromatic N) is 2. The number of aryl methyl sites for hydroxylation is 1. The van der Waals surface area contributed by atoms with Gasteiger partial charge >= 0.3 is 5.97 Å². The van der Waals surface area contributed by atoms with E-state index in [1.54, 1.807) is 42.5 Å². The minimum absolute atomic E-state index is 0.188. The van der Waals surface area contributed by atoms with Crippen molar-refractivity contribution in [2.75, 3.05) is 6.54 Å². The Bertz CT molecular complexity index is 1360. The summed E-state index contributed by atoms with van der Waals surface area (Å²) in [5, 5.41) is 9.09. The highest BCUT2D eigenvalue weighted by Gasteiger charge is 2.36. The SMILES string of the molecule is Cc1cc(/C=C2/SC(=O)N(CC(=O)c3ccc(Cl)cc3)C2=O)c(C)n1-c1ccc(C(=O)O)cc1. The predicted molar refractivity (Wildman–Crippen MR) is 131 cm³/mol. The van der Waals surface area contributed by atoms with Crippen LogP contribution in [0.15, 0.2) is 59.5 Å². The van der Waals surface area contributed by atoms with E-state index in [1.165, 1.54) is 12.1 Å². The minimum atomic E-state index is -1.00. The molecule has 172 valence electrons. The zero-order valence-electron chi connectivity index (χ0n) is 18.2. The third kappa shape index (κ3) is 4.55. The number of hydrogen-bond acceptors (Lipinski definition) is 5. The molecule has 1 saturated heterocycles. The predicted octanol–water partition coefficient (Wildman–Crippen LogP) is 5.36. The number of benzene rings is 2. The van der Waals surface area contributed by atoms with E-state index in [9.17, 15) is 19.2 Å². The van der Waals surface area contributed by atoms with Gasteiger partial charge < -0.3 is 9.67 Å². The average Bonchev–Trinajstić information content (AvgIpc) is 3.23. The third-order valence-corrected chi connectivity index (χ3v) is 6.63. The average molecular weight is 495 g/mol. The fourth-order valence-electron chi connectivity index (χ4n) is 3.73. The van der Waals surface area contributed by atoms with Crippen molar-refractivity contribution in [1.29, 1.82) is 0 Å². The van der Waals surface area contributed by atoms with Gasteiger partial charge in [0.15, 0.2) is 5.78 Å². The molecular formula is C25H19ClN2O5S. The van der Waals surface area contributed by atoms with Crippen LogP contribution in [0.2, 0.25) is 5.02 Å². The number of hydrogen-bond donors (Lipinski definition) is 1. The van der Waals surface area contributed by atoms with Gasteiger partial charge in [-0.05, 0) is 91.8 Å². The van der Waals surface area contributed by atoms with E-state index in [1.807, 2.05) is 24.5 Å². The Kier molecular flexibility index (Phi) is 6.45. The van der Waals surface area contributed by atoms with Crippen molar-refractivity contribution in [2.45, 2.75) is 13.8 Å². The summed E-state index contributed by atoms with van der Waals surface area (Å²) in [5.41, 5.74) is 3.78. The number of carbonyl (C=O) groups excluding carboxylic acids is 3. The van der Waals surface area contributed by atoms with Gasteiger partial charge in [-0.25, -0.2) is 4.79 Å². The highest BCUT2D eigenvalue weighted by atomic mass is 35.5. The fourth-order valence-corrected chi connectivity index (χ4v) is 4.69. The van der Waals surface area contributed by atoms with Gasteiger partial charge in [-0.1, -0.05) is 11.6 Å². The number of carboxylic acids is 1. The number of aromatic carboxylic acids is 1. The van der Waals surface area contributed by atoms with Gasteiger partial charge in [-0.2, -0.15) is 0 Å². The molecule has 0 aliphatic carbocycles. The van der Waals surface area contributed by atoms with Crippen molar-refractivity contribution in [3.63, 3.8) is 0 Å². The number of rotatable bonds is 6. The summed E-state index contributed by atoms with van der Waals surface area (Å²) in [4.78, 5) is 50.2. The van der Waals surface area contributed by atoms with Crippen molar-refractivity contribution >= 4 is 52.3 Å². The van der Waals surface area contributed by atoms with E-state index in [2.05, 4.69) is 0 Å². The first-order chi connectivity index (χ1) is 16.2. The van der Waals surface area contributed by atoms with Crippen LogP contribution in [0.3, 0.4) is 0 Å². The van der Waals surface area contributed by atoms with Crippen LogP contribution in [0.4, 0.5) is 4.79 Å². The number of amides is 2. The number of halogens is 1. The van der Waals surface area contributed by atoms with Crippen LogP contribution in [0.1, 0.15) is 37.7 Å². The molecule has 1 aromatic heterocycles. The van der Waals surface area contributed by atoms with E-state index in [0.29, 0.717) is 10.6 Å². The summed E-state index contributed by atoms with van der Waals surface area (Å²) < 4.78 is 1.94. The molecule has 7 nitrogen and oxygen atoms in total. The molecule has 1 N–H and O–H groups in total. The smallest absolute Gasteiger partial charge is 0.335 e. The monoisotopic (exact) mass is 494 g/mol. The molecule has 2 amide bonds. The minimum Gasteiger partial charge on any atom is -0.478 e. The topological polar surface area (TPSA) is 96.7 Å². The number of thioether (sulfide) groups is 1. The second-order valence-corrected chi connectivity index (χ2v) is 9.14.